The minimum absolute atomic E-state index is 0.164. The van der Waals surface area contributed by atoms with Gasteiger partial charge < -0.3 is 68.5 Å². The van der Waals surface area contributed by atoms with E-state index < -0.39 is 133 Å². The number of methoxy groups -OCH3 is 2. The summed E-state index contributed by atoms with van der Waals surface area (Å²) < 4.78 is 59.4. The van der Waals surface area contributed by atoms with E-state index in [1.54, 1.807) is 72.0 Å². The van der Waals surface area contributed by atoms with Gasteiger partial charge >= 0.3 is 12.1 Å². The highest BCUT2D eigenvalue weighted by molar-refractivity contribution is 5.89. The first-order valence-electron chi connectivity index (χ1n) is 26.9. The maximum Gasteiger partial charge on any atom is 0.414 e. The third kappa shape index (κ3) is 13.4. The van der Waals surface area contributed by atoms with Crippen molar-refractivity contribution in [1.82, 2.24) is 24.8 Å². The van der Waals surface area contributed by atoms with E-state index in [0.29, 0.717) is 56.0 Å². The van der Waals surface area contributed by atoms with Gasteiger partial charge in [0.25, 0.3) is 0 Å². The third-order valence-corrected chi connectivity index (χ3v) is 17.1. The molecule has 0 radical (unpaired) electrons. The standard InChI is InChI=1S/C54H89FN6O14/c1-15-42-54(10,68)46(63)34(6)59(12)28-30(2)25-52(8,67)48(32(4)43(33(5)49(65)74-42)41-26-53(9,70-14)47(64)35(7)73-41)75-50-44(62)39(24-31(3)72-50)58(11)21-20-37-29-61(57-56-37)40(27-55)45(69-13)36-16-18-38(19-17-36)60-22-23-71-51(60)66/h16-19,29-35,39-48,50,62-64,67-68H,15,20-28H2,1-14H3/t30-,31-,32+,33-,34-,35+,39+,40-,41-,42-,43?,44-,45-,46-,47+,48-,50+,52-,53-,54-/m1/s1. The number of carbonyl (C=O) groups excluding carboxylic acids is 2. The van der Waals surface area contributed by atoms with Crippen LogP contribution in [-0.4, -0.2) is 208 Å². The number of amides is 1. The first kappa shape index (κ1) is 60.8. The number of carbonyl (C=O) groups is 2. The van der Waals surface area contributed by atoms with Crippen molar-refractivity contribution in [3.8, 4) is 0 Å². The van der Waals surface area contributed by atoms with Crippen LogP contribution in [0.4, 0.5) is 14.9 Å². The number of esters is 1. The van der Waals surface area contributed by atoms with Crippen LogP contribution < -0.4 is 4.90 Å². The largest absolute Gasteiger partial charge is 0.459 e. The van der Waals surface area contributed by atoms with Crippen molar-refractivity contribution < 1.29 is 72.7 Å². The van der Waals surface area contributed by atoms with Crippen LogP contribution in [0.15, 0.2) is 30.5 Å². The summed E-state index contributed by atoms with van der Waals surface area (Å²) in [4.78, 5) is 32.2. The number of hydrogen-bond donors (Lipinski definition) is 5. The average Bonchev–Trinajstić information content (AvgIpc) is 4.03. The molecule has 1 aromatic heterocycles. The Labute approximate surface area is 443 Å². The predicted molar refractivity (Wildman–Crippen MR) is 275 cm³/mol. The van der Waals surface area contributed by atoms with Crippen molar-refractivity contribution in [2.24, 2.45) is 23.7 Å². The lowest BCUT2D eigenvalue weighted by atomic mass is 9.68. The summed E-state index contributed by atoms with van der Waals surface area (Å²) in [6.45, 7) is 18.5. The number of nitrogens with zero attached hydrogens (tertiary/aromatic N) is 6. The zero-order valence-electron chi connectivity index (χ0n) is 46.7. The number of hydrogen-bond acceptors (Lipinski definition) is 18. The maximum absolute atomic E-state index is 14.9. The number of aliphatic hydroxyl groups is 5. The summed E-state index contributed by atoms with van der Waals surface area (Å²) in [7, 11) is 6.74. The van der Waals surface area contributed by atoms with Crippen molar-refractivity contribution in [3.63, 3.8) is 0 Å². The highest BCUT2D eigenvalue weighted by Crippen LogP contribution is 2.45. The lowest BCUT2D eigenvalue weighted by Crippen LogP contribution is -2.62. The second-order valence-electron chi connectivity index (χ2n) is 22.9. The lowest BCUT2D eigenvalue weighted by Gasteiger charge is -2.51. The molecule has 1 unspecified atom stereocenters. The molecule has 20 atom stereocenters. The number of aliphatic hydroxyl groups excluding tert-OH is 3. The summed E-state index contributed by atoms with van der Waals surface area (Å²) in [5, 5.41) is 68.9. The van der Waals surface area contributed by atoms with E-state index in [0.717, 1.165) is 0 Å². The molecule has 0 aliphatic carbocycles. The fraction of sp³-hybridized carbons (Fsp3) is 0.815. The van der Waals surface area contributed by atoms with E-state index >= 15 is 0 Å². The van der Waals surface area contributed by atoms with Gasteiger partial charge in [0.1, 0.15) is 55.4 Å². The minimum atomic E-state index is -1.84. The second-order valence-corrected chi connectivity index (χ2v) is 22.9. The van der Waals surface area contributed by atoms with Gasteiger partial charge in [-0.3, -0.25) is 9.69 Å². The Morgan fingerprint density at radius 3 is 2.25 bits per heavy atom. The molecule has 426 valence electrons. The van der Waals surface area contributed by atoms with Crippen molar-refractivity contribution in [2.75, 3.05) is 66.1 Å². The molecule has 2 aromatic rings. The van der Waals surface area contributed by atoms with Gasteiger partial charge in [0.15, 0.2) is 6.29 Å². The molecule has 1 aromatic carbocycles. The number of cyclic esters (lactones) is 2. The molecule has 0 saturated carbocycles. The van der Waals surface area contributed by atoms with Crippen molar-refractivity contribution in [3.05, 3.63) is 41.7 Å². The molecule has 0 bridgehead atoms. The van der Waals surface area contributed by atoms with Crippen molar-refractivity contribution >= 4 is 17.7 Å². The molecule has 21 heteroatoms. The zero-order chi connectivity index (χ0) is 55.5. The van der Waals surface area contributed by atoms with E-state index in [9.17, 15) is 39.5 Å². The monoisotopic (exact) mass is 1060 g/mol. The first-order valence-corrected chi connectivity index (χ1v) is 26.9. The van der Waals surface area contributed by atoms with Crippen molar-refractivity contribution in [2.45, 2.75) is 197 Å². The van der Waals surface area contributed by atoms with Crippen LogP contribution >= 0.6 is 0 Å². The van der Waals surface area contributed by atoms with Crippen LogP contribution in [0.25, 0.3) is 0 Å². The van der Waals surface area contributed by atoms with E-state index in [-0.39, 0.29) is 25.2 Å². The molecule has 4 aliphatic rings. The molecule has 6 rings (SSSR count). The molecule has 75 heavy (non-hydrogen) atoms. The first-order chi connectivity index (χ1) is 35.2. The topological polar surface area (TPSA) is 240 Å². The molecule has 5 N–H and O–H groups in total. The van der Waals surface area contributed by atoms with Gasteiger partial charge in [-0.2, -0.15) is 0 Å². The zero-order valence-corrected chi connectivity index (χ0v) is 46.7. The van der Waals surface area contributed by atoms with Gasteiger partial charge in [0.2, 0.25) is 0 Å². The molecular weight excluding hydrogens is 976 g/mol. The van der Waals surface area contributed by atoms with Gasteiger partial charge in [-0.25, -0.2) is 13.9 Å². The molecule has 4 aliphatic heterocycles. The van der Waals surface area contributed by atoms with Crippen LogP contribution in [0.5, 0.6) is 0 Å². The summed E-state index contributed by atoms with van der Waals surface area (Å²) >= 11 is 0. The minimum Gasteiger partial charge on any atom is -0.459 e. The lowest BCUT2D eigenvalue weighted by molar-refractivity contribution is -0.302. The van der Waals surface area contributed by atoms with Crippen LogP contribution in [-0.2, 0) is 44.4 Å². The van der Waals surface area contributed by atoms with E-state index in [2.05, 4.69) is 10.3 Å². The summed E-state index contributed by atoms with van der Waals surface area (Å²) in [6, 6.07) is 5.21. The Morgan fingerprint density at radius 2 is 1.65 bits per heavy atom. The number of halogens is 1. The SMILES string of the molecule is CC[C@H]1OC(=O)[C@H](C)C([C@H]2C[C@@](C)(OC)[C@@H](O)[C@H](C)O2)[C@H](C)[C@@H](O[C@@H]2O[C@H](C)C[C@H](N(C)CCc3cn([C@H](CF)[C@H](OC)c4ccc(N5CCOC5=O)cc4)nn3)[C@H]2O)[C@](C)(O)C[C@@H](C)CN(C)[C@H](C)[C@@H](O)[C@]1(C)O. The Morgan fingerprint density at radius 1 is 0.973 bits per heavy atom. The van der Waals surface area contributed by atoms with Crippen LogP contribution in [0.3, 0.4) is 0 Å². The fourth-order valence-corrected chi connectivity index (χ4v) is 12.5. The summed E-state index contributed by atoms with van der Waals surface area (Å²) in [5.74, 6) is -3.30. The fourth-order valence-electron chi connectivity index (χ4n) is 12.5. The van der Waals surface area contributed by atoms with Crippen molar-refractivity contribution in [1.29, 1.82) is 0 Å². The van der Waals surface area contributed by atoms with Gasteiger partial charge in [-0.05, 0) is 104 Å². The van der Waals surface area contributed by atoms with Crippen LogP contribution in [0, 0.1) is 23.7 Å². The number of likely N-dealkylation sites (N-methyl/N-ethyl adjacent to an activating group) is 2. The Balaban J connectivity index is 1.26. The van der Waals surface area contributed by atoms with Gasteiger partial charge in [0, 0.05) is 70.0 Å². The third-order valence-electron chi connectivity index (χ3n) is 17.1. The highest BCUT2D eigenvalue weighted by atomic mass is 19.1. The number of alkyl halides is 1. The van der Waals surface area contributed by atoms with Crippen LogP contribution in [0.1, 0.15) is 118 Å². The van der Waals surface area contributed by atoms with E-state index in [1.165, 1.54) is 30.7 Å². The normalized spacial score (nSPS) is 39.9. The Kier molecular flexibility index (Phi) is 20.4. The van der Waals surface area contributed by atoms with Gasteiger partial charge in [-0.15, -0.1) is 5.10 Å². The molecular formula is C54H89FN6O14. The smallest absolute Gasteiger partial charge is 0.414 e. The second kappa shape index (κ2) is 25.1. The molecule has 4 fully saturated rings. The van der Waals surface area contributed by atoms with Gasteiger partial charge in [0.05, 0.1) is 53.8 Å². The molecule has 1 amide bonds. The number of rotatable bonds is 15. The number of aromatic nitrogens is 3. The van der Waals surface area contributed by atoms with E-state index in [4.69, 9.17) is 33.2 Å². The maximum atomic E-state index is 14.9. The van der Waals surface area contributed by atoms with Crippen LogP contribution in [0.2, 0.25) is 0 Å². The number of ether oxygens (including phenoxy) is 7. The molecule has 20 nitrogen and oxygen atoms in total. The molecule has 4 saturated heterocycles. The Hall–Kier alpha value is -3.45. The van der Waals surface area contributed by atoms with E-state index in [1.807, 2.05) is 44.7 Å². The Bertz CT molecular complexity index is 2160. The number of anilines is 1. The average molecular weight is 1070 g/mol. The summed E-state index contributed by atoms with van der Waals surface area (Å²) in [6.07, 6.45) is -6.91. The highest BCUT2D eigenvalue weighted by Gasteiger charge is 2.55. The quantitative estimate of drug-likeness (QED) is 0.157. The predicted octanol–water partition coefficient (Wildman–Crippen LogP) is 4.23. The number of benzene rings is 1. The van der Waals surface area contributed by atoms with Gasteiger partial charge in [-0.1, -0.05) is 45.0 Å². The summed E-state index contributed by atoms with van der Waals surface area (Å²) in [5.41, 5.74) is -2.60. The molecule has 0 spiro atoms. The molecule has 5 heterocycles.